The second-order valence-electron chi connectivity index (χ2n) is 8.99. The summed E-state index contributed by atoms with van der Waals surface area (Å²) in [5.41, 5.74) is 12.5. The van der Waals surface area contributed by atoms with Crippen molar-refractivity contribution in [3.8, 4) is 11.5 Å². The third-order valence-electron chi connectivity index (χ3n) is 5.26. The van der Waals surface area contributed by atoms with E-state index in [0.29, 0.717) is 45.1 Å². The van der Waals surface area contributed by atoms with E-state index in [0.717, 1.165) is 0 Å². The van der Waals surface area contributed by atoms with Crippen molar-refractivity contribution >= 4 is 45.2 Å². The van der Waals surface area contributed by atoms with E-state index in [2.05, 4.69) is 37.1 Å². The standard InChI is InChI=1S/C26H29BrN6O4.C2HF3O2/c1-4-36-21-13-17(7-10-20(21)37-15(2)3)23(31-19-8-5-16(6-9-19)24(28)29)26(35)33-32-25(34)18-11-12-30-22(27)14-18;3-2(4,5)1(6)7/h5-15,23,31H,4H2,1-3H3,(H3,28,29)(H,32,34)(H,33,35);(H,6,7). The predicted octanol–water partition coefficient (Wildman–Crippen LogP) is 4.56. The Labute approximate surface area is 258 Å². The van der Waals surface area contributed by atoms with Gasteiger partial charge in [-0.3, -0.25) is 25.8 Å². The normalized spacial score (nSPS) is 11.4. The number of hydrogen-bond acceptors (Lipinski definition) is 8. The molecule has 3 rings (SSSR count). The number of anilines is 1. The first-order chi connectivity index (χ1) is 20.6. The molecule has 236 valence electrons. The largest absolute Gasteiger partial charge is 0.490 e. The van der Waals surface area contributed by atoms with E-state index in [-0.39, 0.29) is 11.9 Å². The molecule has 0 saturated carbocycles. The maximum Gasteiger partial charge on any atom is 0.490 e. The number of nitrogens with zero attached hydrogens (tertiary/aromatic N) is 1. The molecule has 0 fully saturated rings. The maximum atomic E-state index is 13.3. The Bertz CT molecular complexity index is 1470. The van der Waals surface area contributed by atoms with Crippen LogP contribution in [0, 0.1) is 5.41 Å². The Hall–Kier alpha value is -4.86. The lowest BCUT2D eigenvalue weighted by Gasteiger charge is -2.22. The summed E-state index contributed by atoms with van der Waals surface area (Å²) in [5, 5.41) is 17.9. The van der Waals surface area contributed by atoms with Crippen LogP contribution in [-0.2, 0) is 9.59 Å². The van der Waals surface area contributed by atoms with Gasteiger partial charge >= 0.3 is 12.1 Å². The molecule has 0 aliphatic carbocycles. The van der Waals surface area contributed by atoms with Crippen LogP contribution in [0.3, 0.4) is 0 Å². The van der Waals surface area contributed by atoms with Crippen LogP contribution in [0.1, 0.15) is 48.3 Å². The molecule has 1 atom stereocenters. The Balaban J connectivity index is 0.000000860. The third-order valence-corrected chi connectivity index (χ3v) is 5.70. The van der Waals surface area contributed by atoms with E-state index in [1.165, 1.54) is 18.3 Å². The summed E-state index contributed by atoms with van der Waals surface area (Å²) in [4.78, 5) is 38.8. The molecule has 0 radical (unpaired) electrons. The van der Waals surface area contributed by atoms with Gasteiger partial charge in [0, 0.05) is 23.0 Å². The number of nitrogen functional groups attached to an aromatic ring is 1. The van der Waals surface area contributed by atoms with E-state index in [1.54, 1.807) is 42.5 Å². The number of nitrogens with two attached hydrogens (primary N) is 1. The van der Waals surface area contributed by atoms with Crippen LogP contribution in [0.25, 0.3) is 0 Å². The van der Waals surface area contributed by atoms with Crippen molar-refractivity contribution in [2.75, 3.05) is 11.9 Å². The topological polar surface area (TPSA) is 189 Å². The van der Waals surface area contributed by atoms with E-state index in [4.69, 9.17) is 30.5 Å². The second-order valence-corrected chi connectivity index (χ2v) is 9.80. The summed E-state index contributed by atoms with van der Waals surface area (Å²) in [7, 11) is 0. The van der Waals surface area contributed by atoms with Crippen LogP contribution in [0.15, 0.2) is 65.4 Å². The molecule has 1 unspecified atom stereocenters. The number of carbonyl (C=O) groups is 3. The number of carboxylic acid groups (broad SMARTS) is 1. The van der Waals surface area contributed by atoms with Gasteiger partial charge in [0.1, 0.15) is 16.5 Å². The summed E-state index contributed by atoms with van der Waals surface area (Å²) >= 11 is 3.22. The second kappa shape index (κ2) is 16.1. The molecule has 0 spiro atoms. The summed E-state index contributed by atoms with van der Waals surface area (Å²) < 4.78 is 43.8. The molecule has 16 heteroatoms. The number of hydrogen-bond donors (Lipinski definition) is 6. The van der Waals surface area contributed by atoms with Crippen LogP contribution in [0.5, 0.6) is 11.5 Å². The zero-order valence-corrected chi connectivity index (χ0v) is 25.2. The van der Waals surface area contributed by atoms with Gasteiger partial charge in [-0.1, -0.05) is 6.07 Å². The highest BCUT2D eigenvalue weighted by Gasteiger charge is 2.38. The third kappa shape index (κ3) is 11.1. The molecule has 0 aliphatic heterocycles. The first kappa shape index (κ1) is 35.3. The Kier molecular flexibility index (Phi) is 12.9. The molecule has 7 N–H and O–H groups in total. The summed E-state index contributed by atoms with van der Waals surface area (Å²) in [5.74, 6) is -2.79. The number of aliphatic carboxylic acids is 1. The van der Waals surface area contributed by atoms with Gasteiger partial charge in [-0.2, -0.15) is 13.2 Å². The van der Waals surface area contributed by atoms with Crippen LogP contribution in [0.2, 0.25) is 0 Å². The van der Waals surface area contributed by atoms with Crippen molar-refractivity contribution in [2.24, 2.45) is 5.73 Å². The molecule has 3 aromatic rings. The highest BCUT2D eigenvalue weighted by atomic mass is 79.9. The van der Waals surface area contributed by atoms with Gasteiger partial charge in [0.05, 0.1) is 12.7 Å². The number of benzene rings is 2. The zero-order valence-electron chi connectivity index (χ0n) is 23.7. The fraction of sp³-hybridized carbons (Fsp3) is 0.250. The number of amides is 2. The summed E-state index contributed by atoms with van der Waals surface area (Å²) in [6.45, 7) is 6.09. The fourth-order valence-corrected chi connectivity index (χ4v) is 3.71. The first-order valence-electron chi connectivity index (χ1n) is 12.8. The van der Waals surface area contributed by atoms with Crippen molar-refractivity contribution in [3.63, 3.8) is 0 Å². The highest BCUT2D eigenvalue weighted by Crippen LogP contribution is 2.33. The number of alkyl halides is 3. The van der Waals surface area contributed by atoms with E-state index in [9.17, 15) is 22.8 Å². The van der Waals surface area contributed by atoms with Crippen molar-refractivity contribution in [1.29, 1.82) is 5.41 Å². The monoisotopic (exact) mass is 682 g/mol. The van der Waals surface area contributed by atoms with Gasteiger partial charge in [-0.15, -0.1) is 0 Å². The number of carboxylic acids is 1. The molecule has 2 amide bonds. The SMILES string of the molecule is CCOc1cc(C(Nc2ccc(C(=N)N)cc2)C(=O)NNC(=O)c2ccnc(Br)c2)ccc1OC(C)C.O=C(O)C(F)(F)F. The van der Waals surface area contributed by atoms with Crippen LogP contribution in [-0.4, -0.2) is 52.6 Å². The lowest BCUT2D eigenvalue weighted by molar-refractivity contribution is -0.192. The van der Waals surface area contributed by atoms with Crippen LogP contribution in [0.4, 0.5) is 18.9 Å². The smallest absolute Gasteiger partial charge is 0.490 e. The predicted molar refractivity (Wildman–Crippen MR) is 158 cm³/mol. The van der Waals surface area contributed by atoms with Gasteiger partial charge in [-0.25, -0.2) is 9.78 Å². The van der Waals surface area contributed by atoms with Crippen LogP contribution >= 0.6 is 15.9 Å². The summed E-state index contributed by atoms with van der Waals surface area (Å²) in [6.07, 6.45) is -3.67. The molecule has 12 nitrogen and oxygen atoms in total. The van der Waals surface area contributed by atoms with E-state index >= 15 is 0 Å². The fourth-order valence-electron chi connectivity index (χ4n) is 3.34. The van der Waals surface area contributed by atoms with Gasteiger partial charge in [0.2, 0.25) is 0 Å². The number of carbonyl (C=O) groups excluding carboxylic acids is 2. The first-order valence-corrected chi connectivity index (χ1v) is 13.6. The van der Waals surface area contributed by atoms with Crippen molar-refractivity contribution in [1.82, 2.24) is 15.8 Å². The van der Waals surface area contributed by atoms with E-state index < -0.39 is 30.0 Å². The van der Waals surface area contributed by atoms with Crippen LogP contribution < -0.4 is 31.4 Å². The average Bonchev–Trinajstić information content (AvgIpc) is 2.95. The lowest BCUT2D eigenvalue weighted by atomic mass is 10.0. The molecule has 1 aromatic heterocycles. The Morgan fingerprint density at radius 1 is 1.02 bits per heavy atom. The number of amidine groups is 1. The molecule has 0 aliphatic rings. The zero-order chi connectivity index (χ0) is 33.0. The minimum Gasteiger partial charge on any atom is -0.490 e. The maximum absolute atomic E-state index is 13.3. The Morgan fingerprint density at radius 2 is 1.66 bits per heavy atom. The molecule has 0 bridgehead atoms. The van der Waals surface area contributed by atoms with Gasteiger partial charge in [0.15, 0.2) is 11.5 Å². The van der Waals surface area contributed by atoms with Crippen molar-refractivity contribution in [3.05, 3.63) is 82.1 Å². The summed E-state index contributed by atoms with van der Waals surface area (Å²) in [6, 6.07) is 14.1. The van der Waals surface area contributed by atoms with Crippen molar-refractivity contribution in [2.45, 2.75) is 39.1 Å². The van der Waals surface area contributed by atoms with Gasteiger partial charge < -0.3 is 25.6 Å². The number of rotatable bonds is 10. The van der Waals surface area contributed by atoms with Gasteiger partial charge in [-0.05, 0) is 90.8 Å². The van der Waals surface area contributed by atoms with E-state index in [1.807, 2.05) is 20.8 Å². The molecule has 44 heavy (non-hydrogen) atoms. The molecule has 0 saturated heterocycles. The number of pyridine rings is 1. The van der Waals surface area contributed by atoms with Crippen molar-refractivity contribution < 1.29 is 42.1 Å². The quantitative estimate of drug-likeness (QED) is 0.0771. The molecular weight excluding hydrogens is 653 g/mol. The Morgan fingerprint density at radius 3 is 2.18 bits per heavy atom. The average molecular weight is 683 g/mol. The number of ether oxygens (including phenoxy) is 2. The lowest BCUT2D eigenvalue weighted by Crippen LogP contribution is -2.45. The number of halogens is 4. The molecular formula is C28H30BrF3N6O6. The minimum absolute atomic E-state index is 0.0617. The van der Waals surface area contributed by atoms with Gasteiger partial charge in [0.25, 0.3) is 11.8 Å². The number of aromatic nitrogens is 1. The minimum atomic E-state index is -5.08. The number of hydrazine groups is 1. The molecule has 2 aromatic carbocycles. The molecule has 1 heterocycles. The highest BCUT2D eigenvalue weighted by molar-refractivity contribution is 9.10. The number of nitrogens with one attached hydrogen (secondary N) is 4.